The van der Waals surface area contributed by atoms with E-state index in [1.807, 2.05) is 54.3 Å². The van der Waals surface area contributed by atoms with Gasteiger partial charge in [-0.05, 0) is 36.2 Å². The van der Waals surface area contributed by atoms with E-state index in [-0.39, 0.29) is 5.91 Å². The maximum absolute atomic E-state index is 12.7. The zero-order valence-corrected chi connectivity index (χ0v) is 14.2. The lowest BCUT2D eigenvalue weighted by atomic mass is 10.1. The van der Waals surface area contributed by atoms with Crippen LogP contribution >= 0.6 is 27.5 Å². The molecule has 0 aromatic heterocycles. The van der Waals surface area contributed by atoms with E-state index in [1.165, 1.54) is 0 Å². The van der Waals surface area contributed by atoms with Gasteiger partial charge in [-0.15, -0.1) is 0 Å². The molecule has 0 fully saturated rings. The predicted molar refractivity (Wildman–Crippen MR) is 91.2 cm³/mol. The summed E-state index contributed by atoms with van der Waals surface area (Å²) in [5, 5.41) is 1.34. The van der Waals surface area contributed by atoms with Gasteiger partial charge in [-0.2, -0.15) is 0 Å². The number of hydrogen-bond donors (Lipinski definition) is 0. The number of carbonyl (C=O) groups is 1. The topological polar surface area (TPSA) is 20.3 Å². The summed E-state index contributed by atoms with van der Waals surface area (Å²) >= 11 is 9.47. The Kier molecular flexibility index (Phi) is 5.83. The van der Waals surface area contributed by atoms with Crippen LogP contribution in [0.15, 0.2) is 48.5 Å². The summed E-state index contributed by atoms with van der Waals surface area (Å²) in [5.41, 5.74) is 2.74. The summed E-state index contributed by atoms with van der Waals surface area (Å²) in [6, 6.07) is 15.4. The molecule has 0 N–H and O–H groups in total. The lowest BCUT2D eigenvalue weighted by Crippen LogP contribution is -2.32. The summed E-state index contributed by atoms with van der Waals surface area (Å²) in [5.74, 6) is 0.00361. The molecule has 21 heavy (non-hydrogen) atoms. The second-order valence-electron chi connectivity index (χ2n) is 4.92. The molecule has 0 aliphatic rings. The number of carbonyl (C=O) groups excluding carboxylic acids is 1. The first kappa shape index (κ1) is 16.1. The quantitative estimate of drug-likeness (QED) is 0.703. The summed E-state index contributed by atoms with van der Waals surface area (Å²) in [6.07, 6.45) is 0. The van der Waals surface area contributed by atoms with Crippen LogP contribution in [0.5, 0.6) is 0 Å². The van der Waals surface area contributed by atoms with Crippen molar-refractivity contribution >= 4 is 33.4 Å². The minimum atomic E-state index is 0.00361. The maximum atomic E-state index is 12.7. The highest BCUT2D eigenvalue weighted by Gasteiger charge is 2.16. The van der Waals surface area contributed by atoms with Crippen molar-refractivity contribution in [3.8, 4) is 0 Å². The van der Waals surface area contributed by atoms with Gasteiger partial charge >= 0.3 is 0 Å². The van der Waals surface area contributed by atoms with Crippen molar-refractivity contribution in [3.05, 3.63) is 70.2 Å². The van der Waals surface area contributed by atoms with Crippen LogP contribution in [-0.4, -0.2) is 22.7 Å². The van der Waals surface area contributed by atoms with Gasteiger partial charge in [0.15, 0.2) is 0 Å². The number of amides is 1. The first-order valence-corrected chi connectivity index (χ1v) is 8.26. The molecule has 0 unspecified atom stereocenters. The maximum Gasteiger partial charge on any atom is 0.254 e. The van der Waals surface area contributed by atoms with Gasteiger partial charge < -0.3 is 4.90 Å². The van der Waals surface area contributed by atoms with Crippen LogP contribution < -0.4 is 0 Å². The van der Waals surface area contributed by atoms with Gasteiger partial charge in [-0.3, -0.25) is 4.79 Å². The highest BCUT2D eigenvalue weighted by Crippen LogP contribution is 2.17. The summed E-state index contributed by atoms with van der Waals surface area (Å²) < 4.78 is 0. The van der Waals surface area contributed by atoms with Gasteiger partial charge in [0, 0.05) is 29.0 Å². The molecule has 2 nitrogen and oxygen atoms in total. The SMILES string of the molecule is Cc1cc(Cl)cc(C(=O)N(CCBr)Cc2ccccc2)c1. The smallest absolute Gasteiger partial charge is 0.254 e. The monoisotopic (exact) mass is 365 g/mol. The molecule has 0 atom stereocenters. The molecule has 0 heterocycles. The van der Waals surface area contributed by atoms with Crippen molar-refractivity contribution in [2.45, 2.75) is 13.5 Å². The largest absolute Gasteiger partial charge is 0.333 e. The van der Waals surface area contributed by atoms with Crippen molar-refractivity contribution in [1.82, 2.24) is 4.90 Å². The number of halogens is 2. The van der Waals surface area contributed by atoms with E-state index < -0.39 is 0 Å². The summed E-state index contributed by atoms with van der Waals surface area (Å²) in [7, 11) is 0. The molecule has 0 saturated heterocycles. The minimum absolute atomic E-state index is 0.00361. The minimum Gasteiger partial charge on any atom is -0.333 e. The summed E-state index contributed by atoms with van der Waals surface area (Å²) in [6.45, 7) is 3.19. The van der Waals surface area contributed by atoms with Crippen LogP contribution in [-0.2, 0) is 6.54 Å². The Bertz CT molecular complexity index is 595. The normalized spacial score (nSPS) is 10.4. The van der Waals surface area contributed by atoms with Gasteiger partial charge in [0.25, 0.3) is 5.91 Å². The van der Waals surface area contributed by atoms with Crippen molar-refractivity contribution in [1.29, 1.82) is 0 Å². The van der Waals surface area contributed by atoms with E-state index >= 15 is 0 Å². The average molecular weight is 367 g/mol. The predicted octanol–water partition coefficient (Wildman–Crippen LogP) is 4.69. The summed E-state index contributed by atoms with van der Waals surface area (Å²) in [4.78, 5) is 14.5. The first-order chi connectivity index (χ1) is 10.1. The molecule has 0 saturated carbocycles. The van der Waals surface area contributed by atoms with Crippen molar-refractivity contribution in [2.75, 3.05) is 11.9 Å². The number of nitrogens with zero attached hydrogens (tertiary/aromatic N) is 1. The van der Waals surface area contributed by atoms with Crippen LogP contribution in [0, 0.1) is 6.92 Å². The first-order valence-electron chi connectivity index (χ1n) is 6.76. The third kappa shape index (κ3) is 4.58. The van der Waals surface area contributed by atoms with Crippen LogP contribution in [0.2, 0.25) is 5.02 Å². The van der Waals surface area contributed by atoms with E-state index in [9.17, 15) is 4.79 Å². The van der Waals surface area contributed by atoms with E-state index in [0.717, 1.165) is 16.5 Å². The molecule has 1 amide bonds. The number of benzene rings is 2. The van der Waals surface area contributed by atoms with Gasteiger partial charge in [-0.25, -0.2) is 0 Å². The van der Waals surface area contributed by atoms with Crippen LogP contribution in [0.3, 0.4) is 0 Å². The van der Waals surface area contributed by atoms with Crippen molar-refractivity contribution < 1.29 is 4.79 Å². The highest BCUT2D eigenvalue weighted by molar-refractivity contribution is 9.09. The lowest BCUT2D eigenvalue weighted by Gasteiger charge is -2.22. The average Bonchev–Trinajstić information content (AvgIpc) is 2.46. The van der Waals surface area contributed by atoms with Gasteiger partial charge in [-0.1, -0.05) is 57.9 Å². The van der Waals surface area contributed by atoms with Gasteiger partial charge in [0.05, 0.1) is 0 Å². The van der Waals surface area contributed by atoms with E-state index in [4.69, 9.17) is 11.6 Å². The lowest BCUT2D eigenvalue weighted by molar-refractivity contribution is 0.0754. The van der Waals surface area contributed by atoms with E-state index in [2.05, 4.69) is 15.9 Å². The molecule has 0 radical (unpaired) electrons. The van der Waals surface area contributed by atoms with Crippen LogP contribution in [0.25, 0.3) is 0 Å². The number of alkyl halides is 1. The third-order valence-electron chi connectivity index (χ3n) is 3.15. The Hall–Kier alpha value is -1.32. The van der Waals surface area contributed by atoms with Crippen LogP contribution in [0.1, 0.15) is 21.5 Å². The molecule has 4 heteroatoms. The zero-order valence-electron chi connectivity index (χ0n) is 11.9. The Labute approximate surface area is 138 Å². The zero-order chi connectivity index (χ0) is 15.2. The number of hydrogen-bond acceptors (Lipinski definition) is 1. The highest BCUT2D eigenvalue weighted by atomic mass is 79.9. The molecular weight excluding hydrogens is 350 g/mol. The Morgan fingerprint density at radius 3 is 2.52 bits per heavy atom. The molecule has 2 aromatic rings. The number of aryl methyl sites for hydroxylation is 1. The molecule has 0 bridgehead atoms. The second kappa shape index (κ2) is 7.62. The molecular formula is C17H17BrClNO. The fraction of sp³-hybridized carbons (Fsp3) is 0.235. The standard InChI is InChI=1S/C17H17BrClNO/c1-13-9-15(11-16(19)10-13)17(21)20(8-7-18)12-14-5-3-2-4-6-14/h2-6,9-11H,7-8,12H2,1H3. The Morgan fingerprint density at radius 2 is 1.90 bits per heavy atom. The molecule has 0 spiro atoms. The van der Waals surface area contributed by atoms with Gasteiger partial charge in [0.2, 0.25) is 0 Å². The molecule has 110 valence electrons. The molecule has 0 aliphatic heterocycles. The molecule has 2 rings (SSSR count). The Balaban J connectivity index is 2.22. The number of rotatable bonds is 5. The second-order valence-corrected chi connectivity index (χ2v) is 6.15. The van der Waals surface area contributed by atoms with E-state index in [1.54, 1.807) is 6.07 Å². The molecule has 0 aliphatic carbocycles. The fourth-order valence-corrected chi connectivity index (χ4v) is 2.92. The van der Waals surface area contributed by atoms with Crippen molar-refractivity contribution in [2.24, 2.45) is 0 Å². The van der Waals surface area contributed by atoms with Crippen LogP contribution in [0.4, 0.5) is 0 Å². The molecule has 2 aromatic carbocycles. The Morgan fingerprint density at radius 1 is 1.19 bits per heavy atom. The van der Waals surface area contributed by atoms with Crippen molar-refractivity contribution in [3.63, 3.8) is 0 Å². The van der Waals surface area contributed by atoms with Gasteiger partial charge in [0.1, 0.15) is 0 Å². The fourth-order valence-electron chi connectivity index (χ4n) is 2.20. The van der Waals surface area contributed by atoms with E-state index in [0.29, 0.717) is 23.7 Å². The third-order valence-corrected chi connectivity index (χ3v) is 3.72.